The lowest BCUT2D eigenvalue weighted by Crippen LogP contribution is -2.16. The second kappa shape index (κ2) is 4.11. The summed E-state index contributed by atoms with van der Waals surface area (Å²) in [6.45, 7) is 8.40. The Balaban J connectivity index is 3.39. The summed E-state index contributed by atoms with van der Waals surface area (Å²) in [5.41, 5.74) is 12.1. The minimum absolute atomic E-state index is 0.311. The second-order valence-electron chi connectivity index (χ2n) is 3.83. The smallest absolute Gasteiger partial charge is 0.131 e. The van der Waals surface area contributed by atoms with Crippen molar-refractivity contribution in [2.24, 2.45) is 5.73 Å². The highest BCUT2D eigenvalue weighted by molar-refractivity contribution is 5.44. The zero-order valence-corrected chi connectivity index (χ0v) is 9.64. The van der Waals surface area contributed by atoms with Crippen LogP contribution in [0.4, 0.5) is 0 Å². The van der Waals surface area contributed by atoms with Crippen molar-refractivity contribution in [1.29, 1.82) is 0 Å². The maximum absolute atomic E-state index is 5.91. The SMILES string of the molecule is COC(N)c1c(C)c(C)cc(C)c1C. The monoisotopic (exact) mass is 193 g/mol. The molecule has 2 heteroatoms. The van der Waals surface area contributed by atoms with Gasteiger partial charge in [0.2, 0.25) is 0 Å². The summed E-state index contributed by atoms with van der Waals surface area (Å²) in [6.07, 6.45) is -0.311. The number of benzene rings is 1. The molecule has 1 unspecified atom stereocenters. The first-order chi connectivity index (χ1) is 6.49. The molecular formula is C12H19NO. The molecule has 0 aliphatic carbocycles. The average Bonchev–Trinajstić information content (AvgIpc) is 2.15. The van der Waals surface area contributed by atoms with Crippen LogP contribution in [-0.4, -0.2) is 7.11 Å². The molecule has 0 amide bonds. The van der Waals surface area contributed by atoms with Crippen LogP contribution in [0.3, 0.4) is 0 Å². The molecule has 0 heterocycles. The summed E-state index contributed by atoms with van der Waals surface area (Å²) in [7, 11) is 1.64. The largest absolute Gasteiger partial charge is 0.363 e. The molecule has 1 aromatic carbocycles. The van der Waals surface area contributed by atoms with Crippen molar-refractivity contribution >= 4 is 0 Å². The van der Waals surface area contributed by atoms with Gasteiger partial charge in [-0.2, -0.15) is 0 Å². The molecule has 1 aromatic rings. The Kier molecular flexibility index (Phi) is 3.29. The molecule has 0 aliphatic heterocycles. The van der Waals surface area contributed by atoms with Gasteiger partial charge in [0.15, 0.2) is 0 Å². The topological polar surface area (TPSA) is 35.2 Å². The van der Waals surface area contributed by atoms with E-state index < -0.39 is 0 Å². The van der Waals surface area contributed by atoms with Crippen LogP contribution in [0.2, 0.25) is 0 Å². The lowest BCUT2D eigenvalue weighted by molar-refractivity contribution is 0.108. The minimum atomic E-state index is -0.311. The molecule has 0 saturated heterocycles. The highest BCUT2D eigenvalue weighted by atomic mass is 16.5. The van der Waals surface area contributed by atoms with Crippen molar-refractivity contribution in [2.45, 2.75) is 33.9 Å². The van der Waals surface area contributed by atoms with Gasteiger partial charge in [0.1, 0.15) is 6.23 Å². The molecule has 14 heavy (non-hydrogen) atoms. The van der Waals surface area contributed by atoms with Crippen molar-refractivity contribution in [3.8, 4) is 0 Å². The van der Waals surface area contributed by atoms with Crippen molar-refractivity contribution in [1.82, 2.24) is 0 Å². The summed E-state index contributed by atoms with van der Waals surface area (Å²) in [6, 6.07) is 2.19. The molecule has 78 valence electrons. The fourth-order valence-corrected chi connectivity index (χ4v) is 1.79. The zero-order chi connectivity index (χ0) is 10.9. The van der Waals surface area contributed by atoms with Gasteiger partial charge in [0.05, 0.1) is 0 Å². The van der Waals surface area contributed by atoms with Crippen LogP contribution in [0.5, 0.6) is 0 Å². The van der Waals surface area contributed by atoms with E-state index in [0.29, 0.717) is 0 Å². The van der Waals surface area contributed by atoms with E-state index in [-0.39, 0.29) is 6.23 Å². The fraction of sp³-hybridized carbons (Fsp3) is 0.500. The Morgan fingerprint density at radius 2 is 1.50 bits per heavy atom. The van der Waals surface area contributed by atoms with Crippen LogP contribution in [0.15, 0.2) is 6.07 Å². The Morgan fingerprint density at radius 1 is 1.07 bits per heavy atom. The molecule has 0 bridgehead atoms. The lowest BCUT2D eigenvalue weighted by Gasteiger charge is -2.19. The van der Waals surface area contributed by atoms with E-state index in [0.717, 1.165) is 5.56 Å². The van der Waals surface area contributed by atoms with Crippen molar-refractivity contribution < 1.29 is 4.74 Å². The number of rotatable bonds is 2. The highest BCUT2D eigenvalue weighted by Gasteiger charge is 2.14. The summed E-state index contributed by atoms with van der Waals surface area (Å²) in [5, 5.41) is 0. The third-order valence-corrected chi connectivity index (χ3v) is 2.96. The molecule has 0 spiro atoms. The van der Waals surface area contributed by atoms with Gasteiger partial charge in [0, 0.05) is 12.7 Å². The quantitative estimate of drug-likeness (QED) is 0.732. The number of ether oxygens (including phenoxy) is 1. The first kappa shape index (κ1) is 11.2. The van der Waals surface area contributed by atoms with E-state index in [4.69, 9.17) is 10.5 Å². The standard InChI is InChI=1S/C12H19NO/c1-7-6-8(2)10(4)11(9(7)3)12(13)14-5/h6,12H,13H2,1-5H3. The summed E-state index contributed by atoms with van der Waals surface area (Å²) >= 11 is 0. The number of nitrogens with two attached hydrogens (primary N) is 1. The van der Waals surface area contributed by atoms with Crippen LogP contribution >= 0.6 is 0 Å². The second-order valence-corrected chi connectivity index (χ2v) is 3.83. The van der Waals surface area contributed by atoms with Crippen molar-refractivity contribution in [2.75, 3.05) is 7.11 Å². The Hall–Kier alpha value is -0.860. The molecule has 0 radical (unpaired) electrons. The van der Waals surface area contributed by atoms with Crippen molar-refractivity contribution in [3.05, 3.63) is 33.9 Å². The molecule has 0 aromatic heterocycles. The molecule has 1 rings (SSSR count). The van der Waals surface area contributed by atoms with E-state index in [2.05, 4.69) is 33.8 Å². The number of hydrogen-bond donors (Lipinski definition) is 1. The number of hydrogen-bond acceptors (Lipinski definition) is 2. The maximum atomic E-state index is 5.91. The fourth-order valence-electron chi connectivity index (χ4n) is 1.79. The molecular weight excluding hydrogens is 174 g/mol. The van der Waals surface area contributed by atoms with Gasteiger partial charge in [-0.1, -0.05) is 6.07 Å². The van der Waals surface area contributed by atoms with Crippen LogP contribution in [0.1, 0.15) is 34.0 Å². The molecule has 2 nitrogen and oxygen atoms in total. The van der Waals surface area contributed by atoms with Gasteiger partial charge < -0.3 is 10.5 Å². The van der Waals surface area contributed by atoms with E-state index in [9.17, 15) is 0 Å². The van der Waals surface area contributed by atoms with E-state index in [1.54, 1.807) is 7.11 Å². The van der Waals surface area contributed by atoms with Crippen LogP contribution in [-0.2, 0) is 4.74 Å². The van der Waals surface area contributed by atoms with Crippen LogP contribution < -0.4 is 5.73 Å². The normalized spacial score (nSPS) is 13.0. The van der Waals surface area contributed by atoms with Gasteiger partial charge >= 0.3 is 0 Å². The predicted octanol–water partition coefficient (Wildman–Crippen LogP) is 2.52. The van der Waals surface area contributed by atoms with E-state index >= 15 is 0 Å². The summed E-state index contributed by atoms with van der Waals surface area (Å²) in [5.74, 6) is 0. The molecule has 1 atom stereocenters. The van der Waals surface area contributed by atoms with Crippen LogP contribution in [0.25, 0.3) is 0 Å². The first-order valence-electron chi connectivity index (χ1n) is 4.84. The minimum Gasteiger partial charge on any atom is -0.363 e. The number of aryl methyl sites for hydroxylation is 2. The summed E-state index contributed by atoms with van der Waals surface area (Å²) < 4.78 is 5.19. The molecule has 0 fully saturated rings. The van der Waals surface area contributed by atoms with Gasteiger partial charge in [-0.05, 0) is 49.9 Å². The maximum Gasteiger partial charge on any atom is 0.131 e. The Bertz CT molecular complexity index is 318. The first-order valence-corrected chi connectivity index (χ1v) is 4.84. The zero-order valence-electron chi connectivity index (χ0n) is 9.64. The van der Waals surface area contributed by atoms with Crippen LogP contribution in [0, 0.1) is 27.7 Å². The van der Waals surface area contributed by atoms with Gasteiger partial charge in [-0.15, -0.1) is 0 Å². The summed E-state index contributed by atoms with van der Waals surface area (Å²) in [4.78, 5) is 0. The van der Waals surface area contributed by atoms with E-state index in [1.165, 1.54) is 22.3 Å². The molecule has 0 saturated carbocycles. The lowest BCUT2D eigenvalue weighted by atomic mass is 9.93. The average molecular weight is 193 g/mol. The van der Waals surface area contributed by atoms with Gasteiger partial charge in [-0.25, -0.2) is 0 Å². The number of methoxy groups -OCH3 is 1. The molecule has 2 N–H and O–H groups in total. The van der Waals surface area contributed by atoms with Gasteiger partial charge in [-0.3, -0.25) is 0 Å². The Labute approximate surface area is 86.1 Å². The third kappa shape index (κ3) is 1.81. The van der Waals surface area contributed by atoms with Crippen molar-refractivity contribution in [3.63, 3.8) is 0 Å². The van der Waals surface area contributed by atoms with E-state index in [1.807, 2.05) is 0 Å². The third-order valence-electron chi connectivity index (χ3n) is 2.96. The predicted molar refractivity (Wildman–Crippen MR) is 59.3 cm³/mol. The highest BCUT2D eigenvalue weighted by Crippen LogP contribution is 2.26. The Morgan fingerprint density at radius 3 is 1.86 bits per heavy atom. The molecule has 0 aliphatic rings. The van der Waals surface area contributed by atoms with Gasteiger partial charge in [0.25, 0.3) is 0 Å².